The lowest BCUT2D eigenvalue weighted by Gasteiger charge is -2.61. The topological polar surface area (TPSA) is 61.9 Å². The van der Waals surface area contributed by atoms with Gasteiger partial charge in [-0.05, 0) is 50.8 Å². The molecule has 0 bridgehead atoms. The summed E-state index contributed by atoms with van der Waals surface area (Å²) in [4.78, 5) is 6.59. The highest BCUT2D eigenvalue weighted by Gasteiger charge is 2.59. The molecular weight excluding hydrogens is 446 g/mol. The van der Waals surface area contributed by atoms with Gasteiger partial charge in [-0.1, -0.05) is 32.9 Å². The summed E-state index contributed by atoms with van der Waals surface area (Å²) in [7, 11) is 1.74. The Kier molecular flexibility index (Phi) is 8.16. The average molecular weight is 492 g/mol. The molecular formula is C28H45NO6. The van der Waals surface area contributed by atoms with E-state index in [-0.39, 0.29) is 22.6 Å². The molecule has 0 amide bonds. The van der Waals surface area contributed by atoms with E-state index in [9.17, 15) is 0 Å². The Labute approximate surface area is 211 Å². The molecule has 4 rings (SSSR count). The minimum Gasteiger partial charge on any atom is -0.491 e. The van der Waals surface area contributed by atoms with Crippen LogP contribution in [-0.4, -0.2) is 74.8 Å². The van der Waals surface area contributed by atoms with Gasteiger partial charge in [0, 0.05) is 30.9 Å². The molecule has 3 aliphatic heterocycles. The number of methoxy groups -OCH3 is 1. The highest BCUT2D eigenvalue weighted by molar-refractivity contribution is 5.27. The SMILES string of the molecule is CCC1(CC)CC2(CC(C)(C)N1OCCc1ccc(OCC3CO3)cc1)OCC(C)(COC)CO2. The summed E-state index contributed by atoms with van der Waals surface area (Å²) in [6.07, 6.45) is 4.61. The third kappa shape index (κ3) is 6.20. The molecule has 0 aliphatic carbocycles. The number of nitrogens with zero attached hydrogens (tertiary/aromatic N) is 1. The number of piperidine rings is 1. The molecule has 198 valence electrons. The first-order valence-electron chi connectivity index (χ1n) is 13.2. The van der Waals surface area contributed by atoms with Crippen LogP contribution >= 0.6 is 0 Å². The Morgan fingerprint density at radius 1 is 1.00 bits per heavy atom. The van der Waals surface area contributed by atoms with Crippen molar-refractivity contribution < 1.29 is 28.5 Å². The van der Waals surface area contributed by atoms with E-state index in [1.54, 1.807) is 7.11 Å². The molecule has 0 saturated carbocycles. The van der Waals surface area contributed by atoms with Crippen molar-refractivity contribution in [2.45, 2.75) is 89.7 Å². The molecule has 0 radical (unpaired) electrons. The van der Waals surface area contributed by atoms with Gasteiger partial charge in [-0.2, -0.15) is 5.06 Å². The molecule has 3 saturated heterocycles. The zero-order valence-corrected chi connectivity index (χ0v) is 22.6. The normalized spacial score (nSPS) is 32.0. The smallest absolute Gasteiger partial charge is 0.172 e. The van der Waals surface area contributed by atoms with E-state index in [0.29, 0.717) is 33.0 Å². The largest absolute Gasteiger partial charge is 0.491 e. The predicted molar refractivity (Wildman–Crippen MR) is 134 cm³/mol. The number of epoxide rings is 1. The third-order valence-electron chi connectivity index (χ3n) is 7.83. The minimum absolute atomic E-state index is 0.106. The fourth-order valence-electron chi connectivity index (χ4n) is 5.80. The fourth-order valence-corrected chi connectivity index (χ4v) is 5.80. The Bertz CT molecular complexity index is 809. The Morgan fingerprint density at radius 3 is 2.23 bits per heavy atom. The lowest BCUT2D eigenvalue weighted by atomic mass is 9.72. The van der Waals surface area contributed by atoms with Gasteiger partial charge in [-0.15, -0.1) is 0 Å². The summed E-state index contributed by atoms with van der Waals surface area (Å²) in [6.45, 7) is 15.2. The van der Waals surface area contributed by atoms with Crippen molar-refractivity contribution in [3.63, 3.8) is 0 Å². The first kappa shape index (κ1) is 26.8. The summed E-state index contributed by atoms with van der Waals surface area (Å²) in [6, 6.07) is 8.31. The molecule has 1 aromatic carbocycles. The molecule has 1 unspecified atom stereocenters. The van der Waals surface area contributed by atoms with Gasteiger partial charge < -0.3 is 23.7 Å². The van der Waals surface area contributed by atoms with Crippen molar-refractivity contribution in [1.29, 1.82) is 0 Å². The average Bonchev–Trinajstić information content (AvgIpc) is 3.66. The summed E-state index contributed by atoms with van der Waals surface area (Å²) in [5.74, 6) is 0.307. The van der Waals surface area contributed by atoms with Crippen LogP contribution in [0.5, 0.6) is 5.75 Å². The summed E-state index contributed by atoms with van der Waals surface area (Å²) in [5, 5.41) is 2.27. The quantitative estimate of drug-likeness (QED) is 0.413. The van der Waals surface area contributed by atoms with Crippen LogP contribution in [-0.2, 0) is 30.2 Å². The Morgan fingerprint density at radius 2 is 1.66 bits per heavy atom. The van der Waals surface area contributed by atoms with Crippen molar-refractivity contribution >= 4 is 0 Å². The van der Waals surface area contributed by atoms with Crippen LogP contribution in [0.1, 0.15) is 65.9 Å². The van der Waals surface area contributed by atoms with Crippen molar-refractivity contribution in [3.8, 4) is 5.75 Å². The first-order valence-corrected chi connectivity index (χ1v) is 13.2. The second-order valence-corrected chi connectivity index (χ2v) is 11.6. The van der Waals surface area contributed by atoms with Gasteiger partial charge in [-0.25, -0.2) is 0 Å². The summed E-state index contributed by atoms with van der Waals surface area (Å²) >= 11 is 0. The highest BCUT2D eigenvalue weighted by Crippen LogP contribution is 2.51. The molecule has 35 heavy (non-hydrogen) atoms. The van der Waals surface area contributed by atoms with E-state index in [1.807, 2.05) is 12.1 Å². The number of rotatable bonds is 11. The zero-order chi connectivity index (χ0) is 25.2. The van der Waals surface area contributed by atoms with E-state index in [1.165, 1.54) is 5.56 Å². The lowest BCUT2D eigenvalue weighted by molar-refractivity contribution is -0.388. The molecule has 7 nitrogen and oxygen atoms in total. The second-order valence-electron chi connectivity index (χ2n) is 11.6. The number of hydrogen-bond acceptors (Lipinski definition) is 7. The van der Waals surface area contributed by atoms with Gasteiger partial charge in [-0.3, -0.25) is 4.84 Å². The second kappa shape index (κ2) is 10.6. The van der Waals surface area contributed by atoms with Gasteiger partial charge in [0.1, 0.15) is 18.5 Å². The number of hydroxylamine groups is 2. The molecule has 0 N–H and O–H groups in total. The van der Waals surface area contributed by atoms with Gasteiger partial charge in [0.05, 0.1) is 38.6 Å². The molecule has 7 heteroatoms. The van der Waals surface area contributed by atoms with Gasteiger partial charge >= 0.3 is 0 Å². The van der Waals surface area contributed by atoms with Crippen LogP contribution < -0.4 is 4.74 Å². The van der Waals surface area contributed by atoms with E-state index < -0.39 is 5.79 Å². The molecule has 3 fully saturated rings. The van der Waals surface area contributed by atoms with Crippen molar-refractivity contribution in [2.75, 3.05) is 46.8 Å². The van der Waals surface area contributed by atoms with Crippen molar-refractivity contribution in [3.05, 3.63) is 29.8 Å². The molecule has 1 spiro atoms. The zero-order valence-electron chi connectivity index (χ0n) is 22.6. The molecule has 3 heterocycles. The monoisotopic (exact) mass is 491 g/mol. The maximum absolute atomic E-state index is 6.59. The lowest BCUT2D eigenvalue weighted by Crippen LogP contribution is -2.69. The van der Waals surface area contributed by atoms with Gasteiger partial charge in [0.25, 0.3) is 0 Å². The maximum atomic E-state index is 6.59. The van der Waals surface area contributed by atoms with Crippen LogP contribution in [0.15, 0.2) is 24.3 Å². The summed E-state index contributed by atoms with van der Waals surface area (Å²) < 4.78 is 29.4. The van der Waals surface area contributed by atoms with Crippen LogP contribution in [0.4, 0.5) is 0 Å². The number of hydrogen-bond donors (Lipinski definition) is 0. The minimum atomic E-state index is -0.579. The maximum Gasteiger partial charge on any atom is 0.172 e. The number of ether oxygens (including phenoxy) is 5. The molecule has 1 atom stereocenters. The van der Waals surface area contributed by atoms with Gasteiger partial charge in [0.15, 0.2) is 5.79 Å². The predicted octanol–water partition coefficient (Wildman–Crippen LogP) is 4.77. The molecule has 3 aliphatic rings. The third-order valence-corrected chi connectivity index (χ3v) is 7.83. The van der Waals surface area contributed by atoms with E-state index in [4.69, 9.17) is 28.5 Å². The van der Waals surface area contributed by atoms with Gasteiger partial charge in [0.2, 0.25) is 0 Å². The summed E-state index contributed by atoms with van der Waals surface area (Å²) in [5.41, 5.74) is 0.744. The van der Waals surface area contributed by atoms with E-state index in [2.05, 4.69) is 51.8 Å². The first-order chi connectivity index (χ1) is 16.7. The van der Waals surface area contributed by atoms with Crippen molar-refractivity contribution in [1.82, 2.24) is 5.06 Å². The highest BCUT2D eigenvalue weighted by atomic mass is 16.7. The van der Waals surface area contributed by atoms with Crippen molar-refractivity contribution in [2.24, 2.45) is 5.41 Å². The van der Waals surface area contributed by atoms with E-state index in [0.717, 1.165) is 44.5 Å². The number of benzene rings is 1. The van der Waals surface area contributed by atoms with E-state index >= 15 is 0 Å². The van der Waals surface area contributed by atoms with Crippen LogP contribution in [0.3, 0.4) is 0 Å². The Hall–Kier alpha value is -1.22. The fraction of sp³-hybridized carbons (Fsp3) is 0.786. The molecule has 1 aromatic rings. The van der Waals surface area contributed by atoms with Crippen LogP contribution in [0.25, 0.3) is 0 Å². The van der Waals surface area contributed by atoms with Crippen LogP contribution in [0, 0.1) is 5.41 Å². The standard InChI is InChI=1S/C28H45NO6/c1-7-27(8-2)18-28(33-20-26(5,19-30-6)21-34-28)17-25(3,4)29(27)35-14-13-22-9-11-23(12-10-22)31-15-24-16-32-24/h9-12,24H,7-8,13-21H2,1-6H3. The molecule has 0 aromatic heterocycles. The Balaban J connectivity index is 1.38. The van der Waals surface area contributed by atoms with Crippen LogP contribution in [0.2, 0.25) is 0 Å².